The summed E-state index contributed by atoms with van der Waals surface area (Å²) < 4.78 is 10.6. The van der Waals surface area contributed by atoms with Crippen LogP contribution in [0.15, 0.2) is 40.8 Å². The molecule has 0 bridgehead atoms. The lowest BCUT2D eigenvalue weighted by Crippen LogP contribution is -2.33. The number of rotatable bonds is 9. The van der Waals surface area contributed by atoms with E-state index in [9.17, 15) is 14.7 Å². The lowest BCUT2D eigenvalue weighted by Gasteiger charge is -2.21. The first-order valence-corrected chi connectivity index (χ1v) is 8.14. The molecule has 0 spiro atoms. The van der Waals surface area contributed by atoms with Gasteiger partial charge >= 0.3 is 5.97 Å². The summed E-state index contributed by atoms with van der Waals surface area (Å²) in [5, 5.41) is 9.23. The number of amides is 1. The van der Waals surface area contributed by atoms with Gasteiger partial charge in [0, 0.05) is 20.1 Å². The highest BCUT2D eigenvalue weighted by atomic mass is 16.5. The van der Waals surface area contributed by atoms with Crippen LogP contribution in [0.4, 0.5) is 0 Å². The summed E-state index contributed by atoms with van der Waals surface area (Å²) in [6.45, 7) is 3.11. The van der Waals surface area contributed by atoms with Crippen molar-refractivity contribution in [3.8, 4) is 0 Å². The van der Waals surface area contributed by atoms with Crippen molar-refractivity contribution in [2.24, 2.45) is 0 Å². The number of benzene rings is 1. The van der Waals surface area contributed by atoms with Crippen molar-refractivity contribution in [1.82, 2.24) is 4.90 Å². The lowest BCUT2D eigenvalue weighted by molar-refractivity contribution is -0.132. The minimum absolute atomic E-state index is 0.0636. The number of aromatic carboxylic acids is 1. The van der Waals surface area contributed by atoms with Crippen LogP contribution < -0.4 is 0 Å². The summed E-state index contributed by atoms with van der Waals surface area (Å²) >= 11 is 0. The third kappa shape index (κ3) is 5.46. The quantitative estimate of drug-likeness (QED) is 0.756. The van der Waals surface area contributed by atoms with Gasteiger partial charge in [-0.3, -0.25) is 4.79 Å². The number of aryl methyl sites for hydroxylation is 2. The number of carboxylic acids is 1. The van der Waals surface area contributed by atoms with Crippen LogP contribution in [0.5, 0.6) is 0 Å². The zero-order valence-electron chi connectivity index (χ0n) is 14.5. The second-order valence-electron chi connectivity index (χ2n) is 5.78. The number of carboxylic acid groups (broad SMARTS) is 1. The summed E-state index contributed by atoms with van der Waals surface area (Å²) in [4.78, 5) is 25.5. The van der Waals surface area contributed by atoms with Crippen molar-refractivity contribution in [2.75, 3.05) is 20.3 Å². The summed E-state index contributed by atoms with van der Waals surface area (Å²) in [5.41, 5.74) is 0.893. The van der Waals surface area contributed by atoms with Gasteiger partial charge in [0.05, 0.1) is 18.7 Å². The van der Waals surface area contributed by atoms with E-state index < -0.39 is 5.97 Å². The Kier molecular flexibility index (Phi) is 6.77. The Labute approximate surface area is 147 Å². The smallest absolute Gasteiger partial charge is 0.335 e. The van der Waals surface area contributed by atoms with Crippen LogP contribution in [0.2, 0.25) is 0 Å². The molecule has 1 amide bonds. The fourth-order valence-corrected chi connectivity index (χ4v) is 2.60. The fraction of sp³-hybridized carbons (Fsp3) is 0.368. The second-order valence-corrected chi connectivity index (χ2v) is 5.78. The molecule has 25 heavy (non-hydrogen) atoms. The molecule has 0 unspecified atom stereocenters. The average Bonchev–Trinajstić information content (AvgIpc) is 3.01. The zero-order chi connectivity index (χ0) is 18.2. The first-order chi connectivity index (χ1) is 12.0. The minimum Gasteiger partial charge on any atom is -0.478 e. The highest BCUT2D eigenvalue weighted by molar-refractivity contribution is 5.89. The number of hydrogen-bond acceptors (Lipinski definition) is 4. The maximum absolute atomic E-state index is 12.6. The van der Waals surface area contributed by atoms with Gasteiger partial charge in [-0.2, -0.15) is 0 Å². The second kappa shape index (κ2) is 9.03. The standard InChI is InChI=1S/C19H23NO5/c1-14-7-9-16(25-14)13-20(11-12-24-2)18(21)10-8-15-5-3-4-6-17(15)19(22)23/h3-7,9H,8,10-13H2,1-2H3,(H,22,23). The van der Waals surface area contributed by atoms with Crippen LogP contribution in [0.1, 0.15) is 33.9 Å². The maximum Gasteiger partial charge on any atom is 0.335 e. The fourth-order valence-electron chi connectivity index (χ4n) is 2.60. The Morgan fingerprint density at radius 1 is 1.20 bits per heavy atom. The largest absolute Gasteiger partial charge is 0.478 e. The van der Waals surface area contributed by atoms with Crippen molar-refractivity contribution in [3.05, 3.63) is 59.0 Å². The van der Waals surface area contributed by atoms with E-state index in [1.807, 2.05) is 19.1 Å². The first kappa shape index (κ1) is 18.7. The van der Waals surface area contributed by atoms with Crippen molar-refractivity contribution >= 4 is 11.9 Å². The molecule has 134 valence electrons. The van der Waals surface area contributed by atoms with Gasteiger partial charge in [0.25, 0.3) is 0 Å². The molecule has 6 nitrogen and oxygen atoms in total. The van der Waals surface area contributed by atoms with Gasteiger partial charge in [-0.25, -0.2) is 4.79 Å². The molecule has 0 saturated carbocycles. The molecule has 2 aromatic rings. The van der Waals surface area contributed by atoms with Crippen LogP contribution in [0.25, 0.3) is 0 Å². The number of furan rings is 1. The predicted octanol–water partition coefficient (Wildman–Crippen LogP) is 2.89. The maximum atomic E-state index is 12.6. The van der Waals surface area contributed by atoms with Crippen LogP contribution in [0.3, 0.4) is 0 Å². The molecule has 0 fully saturated rings. The summed E-state index contributed by atoms with van der Waals surface area (Å²) in [7, 11) is 1.59. The average molecular weight is 345 g/mol. The van der Waals surface area contributed by atoms with Crippen LogP contribution >= 0.6 is 0 Å². The number of ether oxygens (including phenoxy) is 1. The van der Waals surface area contributed by atoms with Gasteiger partial charge in [0.1, 0.15) is 11.5 Å². The number of carbonyl (C=O) groups is 2. The zero-order valence-corrected chi connectivity index (χ0v) is 14.5. The molecule has 6 heteroatoms. The molecule has 0 aliphatic rings. The van der Waals surface area contributed by atoms with E-state index >= 15 is 0 Å². The normalized spacial score (nSPS) is 10.6. The van der Waals surface area contributed by atoms with E-state index in [1.165, 1.54) is 0 Å². The molecular formula is C19H23NO5. The van der Waals surface area contributed by atoms with Crippen molar-refractivity contribution in [2.45, 2.75) is 26.3 Å². The summed E-state index contributed by atoms with van der Waals surface area (Å²) in [5.74, 6) is 0.467. The van der Waals surface area contributed by atoms with E-state index in [4.69, 9.17) is 9.15 Å². The van der Waals surface area contributed by atoms with Crippen molar-refractivity contribution in [1.29, 1.82) is 0 Å². The van der Waals surface area contributed by atoms with Gasteiger partial charge < -0.3 is 19.2 Å². The molecule has 1 heterocycles. The van der Waals surface area contributed by atoms with Gasteiger partial charge in [-0.15, -0.1) is 0 Å². The minimum atomic E-state index is -0.981. The van der Waals surface area contributed by atoms with E-state index in [0.717, 1.165) is 5.76 Å². The molecule has 1 aromatic carbocycles. The van der Waals surface area contributed by atoms with E-state index in [1.54, 1.807) is 36.3 Å². The van der Waals surface area contributed by atoms with Gasteiger partial charge in [-0.1, -0.05) is 18.2 Å². The highest BCUT2D eigenvalue weighted by Gasteiger charge is 2.17. The third-order valence-electron chi connectivity index (χ3n) is 3.92. The van der Waals surface area contributed by atoms with E-state index in [0.29, 0.717) is 37.4 Å². The SMILES string of the molecule is COCCN(Cc1ccc(C)o1)C(=O)CCc1ccccc1C(=O)O. The Hall–Kier alpha value is -2.60. The molecule has 1 aromatic heterocycles. The Bertz CT molecular complexity index is 722. The number of methoxy groups -OCH3 is 1. The van der Waals surface area contributed by atoms with Gasteiger partial charge in [0.2, 0.25) is 5.91 Å². The molecular weight excluding hydrogens is 322 g/mol. The molecule has 2 rings (SSSR count). The van der Waals surface area contributed by atoms with Crippen LogP contribution in [-0.2, 0) is 22.5 Å². The Balaban J connectivity index is 2.02. The number of nitrogens with zero attached hydrogens (tertiary/aromatic N) is 1. The monoisotopic (exact) mass is 345 g/mol. The molecule has 1 N–H and O–H groups in total. The highest BCUT2D eigenvalue weighted by Crippen LogP contribution is 2.14. The predicted molar refractivity (Wildman–Crippen MR) is 92.5 cm³/mol. The molecule has 0 aliphatic heterocycles. The van der Waals surface area contributed by atoms with Gasteiger partial charge in [-0.05, 0) is 37.1 Å². The molecule has 0 atom stereocenters. The summed E-state index contributed by atoms with van der Waals surface area (Å²) in [6, 6.07) is 10.5. The lowest BCUT2D eigenvalue weighted by atomic mass is 10.0. The van der Waals surface area contributed by atoms with E-state index in [2.05, 4.69) is 0 Å². The van der Waals surface area contributed by atoms with Crippen molar-refractivity contribution in [3.63, 3.8) is 0 Å². The van der Waals surface area contributed by atoms with Crippen LogP contribution in [-0.4, -0.2) is 42.1 Å². The van der Waals surface area contributed by atoms with Crippen molar-refractivity contribution < 1.29 is 23.8 Å². The van der Waals surface area contributed by atoms with Gasteiger partial charge in [0.15, 0.2) is 0 Å². The Morgan fingerprint density at radius 3 is 2.60 bits per heavy atom. The molecule has 0 saturated heterocycles. The summed E-state index contributed by atoms with van der Waals surface area (Å²) in [6.07, 6.45) is 0.607. The Morgan fingerprint density at radius 2 is 1.96 bits per heavy atom. The van der Waals surface area contributed by atoms with Crippen LogP contribution in [0, 0.1) is 6.92 Å². The number of carbonyl (C=O) groups excluding carboxylic acids is 1. The molecule has 0 radical (unpaired) electrons. The number of hydrogen-bond donors (Lipinski definition) is 1. The third-order valence-corrected chi connectivity index (χ3v) is 3.92. The first-order valence-electron chi connectivity index (χ1n) is 8.14. The van der Waals surface area contributed by atoms with E-state index in [-0.39, 0.29) is 17.9 Å². The molecule has 0 aliphatic carbocycles. The topological polar surface area (TPSA) is 80.0 Å².